The maximum atomic E-state index is 12.4. The summed E-state index contributed by atoms with van der Waals surface area (Å²) in [5.41, 5.74) is 1.89. The van der Waals surface area contributed by atoms with E-state index in [1.165, 1.54) is 0 Å². The summed E-state index contributed by atoms with van der Waals surface area (Å²) in [5.74, 6) is 0.615. The molecule has 0 spiro atoms. The molecule has 1 rings (SSSR count). The molecule has 4 heteroatoms. The Morgan fingerprint density at radius 1 is 1.41 bits per heavy atom. The molecule has 0 bridgehead atoms. The Labute approximate surface area is 113 Å². The van der Waals surface area contributed by atoms with E-state index in [0.717, 1.165) is 24.0 Å². The van der Waals surface area contributed by atoms with Crippen LogP contribution in [0, 0.1) is 6.92 Å². The van der Waals surface area contributed by atoms with Crippen LogP contribution in [0.2, 0.25) is 0 Å². The standard InChI is InChI=1S/C13H20ClNOS/c1-4-11(5-2)15(7-6-14)13(16)12-9-17-8-10(12)3/h8-9,11H,4-7H2,1-3H3. The first-order valence-corrected chi connectivity index (χ1v) is 7.53. The van der Waals surface area contributed by atoms with Crippen molar-refractivity contribution in [1.29, 1.82) is 0 Å². The quantitative estimate of drug-likeness (QED) is 0.719. The second-order valence-corrected chi connectivity index (χ2v) is 5.25. The van der Waals surface area contributed by atoms with E-state index < -0.39 is 0 Å². The third kappa shape index (κ3) is 3.46. The number of carbonyl (C=O) groups excluding carboxylic acids is 1. The van der Waals surface area contributed by atoms with Crippen molar-refractivity contribution >= 4 is 28.8 Å². The summed E-state index contributed by atoms with van der Waals surface area (Å²) in [6, 6.07) is 0.292. The summed E-state index contributed by atoms with van der Waals surface area (Å²) in [4.78, 5) is 14.4. The molecule has 1 amide bonds. The van der Waals surface area contributed by atoms with Crippen molar-refractivity contribution in [3.8, 4) is 0 Å². The minimum Gasteiger partial charge on any atom is -0.334 e. The Hall–Kier alpha value is -0.540. The molecule has 96 valence electrons. The highest BCUT2D eigenvalue weighted by Crippen LogP contribution is 2.19. The third-order valence-corrected chi connectivity index (χ3v) is 4.09. The fourth-order valence-electron chi connectivity index (χ4n) is 2.00. The van der Waals surface area contributed by atoms with Gasteiger partial charge in [0, 0.05) is 23.8 Å². The number of nitrogens with zero attached hydrogens (tertiary/aromatic N) is 1. The Morgan fingerprint density at radius 3 is 2.47 bits per heavy atom. The Bertz CT molecular complexity index is 360. The molecule has 1 heterocycles. The van der Waals surface area contributed by atoms with Crippen LogP contribution < -0.4 is 0 Å². The van der Waals surface area contributed by atoms with Gasteiger partial charge in [0.05, 0.1) is 5.56 Å². The van der Waals surface area contributed by atoms with Crippen LogP contribution in [0.15, 0.2) is 10.8 Å². The molecule has 0 aliphatic carbocycles. The highest BCUT2D eigenvalue weighted by molar-refractivity contribution is 7.08. The second-order valence-electron chi connectivity index (χ2n) is 4.13. The zero-order valence-corrected chi connectivity index (χ0v) is 12.3. The van der Waals surface area contributed by atoms with E-state index in [-0.39, 0.29) is 5.91 Å². The van der Waals surface area contributed by atoms with Crippen LogP contribution in [0.4, 0.5) is 0 Å². The summed E-state index contributed by atoms with van der Waals surface area (Å²) in [6.07, 6.45) is 1.95. The first-order valence-electron chi connectivity index (χ1n) is 6.05. The van der Waals surface area contributed by atoms with Crippen molar-refractivity contribution in [3.63, 3.8) is 0 Å². The molecule has 0 aliphatic rings. The van der Waals surface area contributed by atoms with Crippen LogP contribution in [0.5, 0.6) is 0 Å². The number of carbonyl (C=O) groups is 1. The molecular weight excluding hydrogens is 254 g/mol. The van der Waals surface area contributed by atoms with E-state index in [1.807, 2.05) is 22.6 Å². The molecule has 0 aromatic carbocycles. The Morgan fingerprint density at radius 2 is 2.06 bits per heavy atom. The van der Waals surface area contributed by atoms with Crippen LogP contribution >= 0.6 is 22.9 Å². The highest BCUT2D eigenvalue weighted by atomic mass is 35.5. The van der Waals surface area contributed by atoms with Crippen LogP contribution in [-0.2, 0) is 0 Å². The van der Waals surface area contributed by atoms with Gasteiger partial charge < -0.3 is 4.90 Å². The first kappa shape index (κ1) is 14.5. The maximum absolute atomic E-state index is 12.4. The summed E-state index contributed by atoms with van der Waals surface area (Å²) < 4.78 is 0. The molecule has 1 aromatic heterocycles. The second kappa shape index (κ2) is 7.02. The summed E-state index contributed by atoms with van der Waals surface area (Å²) in [6.45, 7) is 6.84. The molecule has 2 nitrogen and oxygen atoms in total. The Balaban J connectivity index is 2.91. The van der Waals surface area contributed by atoms with Gasteiger partial charge >= 0.3 is 0 Å². The summed E-state index contributed by atoms with van der Waals surface area (Å²) >= 11 is 7.38. The van der Waals surface area contributed by atoms with Crippen molar-refractivity contribution in [2.24, 2.45) is 0 Å². The minimum absolute atomic E-state index is 0.123. The van der Waals surface area contributed by atoms with Gasteiger partial charge in [0.2, 0.25) is 0 Å². The largest absolute Gasteiger partial charge is 0.334 e. The van der Waals surface area contributed by atoms with E-state index in [0.29, 0.717) is 18.5 Å². The lowest BCUT2D eigenvalue weighted by molar-refractivity contribution is 0.0681. The van der Waals surface area contributed by atoms with Gasteiger partial charge in [-0.1, -0.05) is 13.8 Å². The summed E-state index contributed by atoms with van der Waals surface area (Å²) in [5, 5.41) is 3.94. The molecule has 0 saturated heterocycles. The number of hydrogen-bond donors (Lipinski definition) is 0. The monoisotopic (exact) mass is 273 g/mol. The molecule has 0 saturated carbocycles. The van der Waals surface area contributed by atoms with Gasteiger partial charge in [-0.25, -0.2) is 0 Å². The smallest absolute Gasteiger partial charge is 0.255 e. The Kier molecular flexibility index (Phi) is 6.00. The fraction of sp³-hybridized carbons (Fsp3) is 0.615. The van der Waals surface area contributed by atoms with E-state index in [1.54, 1.807) is 11.3 Å². The van der Waals surface area contributed by atoms with Gasteiger partial charge in [-0.3, -0.25) is 4.79 Å². The van der Waals surface area contributed by atoms with Crippen molar-refractivity contribution < 1.29 is 4.79 Å². The van der Waals surface area contributed by atoms with Crippen LogP contribution in [0.1, 0.15) is 42.6 Å². The lowest BCUT2D eigenvalue weighted by Gasteiger charge is -2.30. The minimum atomic E-state index is 0.123. The maximum Gasteiger partial charge on any atom is 0.255 e. The number of rotatable bonds is 6. The molecule has 17 heavy (non-hydrogen) atoms. The van der Waals surface area contributed by atoms with Gasteiger partial charge in [-0.05, 0) is 30.7 Å². The average Bonchev–Trinajstić information content (AvgIpc) is 2.75. The number of alkyl halides is 1. The molecule has 0 fully saturated rings. The van der Waals surface area contributed by atoms with Crippen LogP contribution in [0.3, 0.4) is 0 Å². The van der Waals surface area contributed by atoms with Gasteiger partial charge in [0.1, 0.15) is 0 Å². The van der Waals surface area contributed by atoms with Crippen LogP contribution in [0.25, 0.3) is 0 Å². The molecular formula is C13H20ClNOS. The van der Waals surface area contributed by atoms with E-state index in [4.69, 9.17) is 11.6 Å². The van der Waals surface area contributed by atoms with Gasteiger partial charge in [-0.2, -0.15) is 11.3 Å². The number of thiophene rings is 1. The van der Waals surface area contributed by atoms with Gasteiger partial charge in [0.15, 0.2) is 0 Å². The van der Waals surface area contributed by atoms with E-state index >= 15 is 0 Å². The zero-order chi connectivity index (χ0) is 12.8. The number of aryl methyl sites for hydroxylation is 1. The predicted octanol–water partition coefficient (Wildman–Crippen LogP) is 3.93. The van der Waals surface area contributed by atoms with Crippen molar-refractivity contribution in [2.75, 3.05) is 12.4 Å². The lowest BCUT2D eigenvalue weighted by Crippen LogP contribution is -2.41. The topological polar surface area (TPSA) is 20.3 Å². The molecule has 1 aromatic rings. The molecule has 0 atom stereocenters. The van der Waals surface area contributed by atoms with Crippen molar-refractivity contribution in [3.05, 3.63) is 21.9 Å². The lowest BCUT2D eigenvalue weighted by atomic mass is 10.1. The predicted molar refractivity (Wildman–Crippen MR) is 75.2 cm³/mol. The summed E-state index contributed by atoms with van der Waals surface area (Å²) in [7, 11) is 0. The number of amides is 1. The van der Waals surface area contributed by atoms with Gasteiger partial charge in [0.25, 0.3) is 5.91 Å². The molecule has 0 aliphatic heterocycles. The molecule has 0 radical (unpaired) electrons. The van der Waals surface area contributed by atoms with E-state index in [9.17, 15) is 4.79 Å². The fourth-order valence-corrected chi connectivity index (χ4v) is 3.01. The van der Waals surface area contributed by atoms with Crippen LogP contribution in [-0.4, -0.2) is 29.3 Å². The van der Waals surface area contributed by atoms with E-state index in [2.05, 4.69) is 13.8 Å². The van der Waals surface area contributed by atoms with Gasteiger partial charge in [-0.15, -0.1) is 11.6 Å². The first-order chi connectivity index (χ1) is 8.15. The van der Waals surface area contributed by atoms with Crippen molar-refractivity contribution in [1.82, 2.24) is 4.90 Å². The number of halogens is 1. The highest BCUT2D eigenvalue weighted by Gasteiger charge is 2.23. The third-order valence-electron chi connectivity index (χ3n) is 3.06. The molecule has 0 unspecified atom stereocenters. The normalized spacial score (nSPS) is 10.9. The van der Waals surface area contributed by atoms with Crippen molar-refractivity contribution in [2.45, 2.75) is 39.7 Å². The molecule has 0 N–H and O–H groups in total. The SMILES string of the molecule is CCC(CC)N(CCCl)C(=O)c1cscc1C. The average molecular weight is 274 g/mol. The zero-order valence-electron chi connectivity index (χ0n) is 10.7. The number of hydrogen-bond acceptors (Lipinski definition) is 2.